The predicted octanol–water partition coefficient (Wildman–Crippen LogP) is 3.28. The lowest BCUT2D eigenvalue weighted by Gasteiger charge is -2.08. The van der Waals surface area contributed by atoms with Crippen molar-refractivity contribution in [1.82, 2.24) is 4.98 Å². The standard InChI is InChI=1S/C13H11BrFN3O/c1-16-9-4-5-17-12(7-9)13(19)18-11-6-8(15)2-3-10(11)14/h2-7H,1H3,(H,16,17)(H,18,19). The molecule has 0 saturated carbocycles. The molecule has 0 bridgehead atoms. The van der Waals surface area contributed by atoms with E-state index in [9.17, 15) is 9.18 Å². The van der Waals surface area contributed by atoms with Crippen molar-refractivity contribution < 1.29 is 9.18 Å². The Balaban J connectivity index is 2.22. The third-order valence-electron chi connectivity index (χ3n) is 2.46. The maximum atomic E-state index is 13.1. The van der Waals surface area contributed by atoms with Gasteiger partial charge in [0.05, 0.1) is 5.69 Å². The summed E-state index contributed by atoms with van der Waals surface area (Å²) in [5.41, 5.74) is 1.39. The lowest BCUT2D eigenvalue weighted by Crippen LogP contribution is -2.14. The minimum Gasteiger partial charge on any atom is -0.388 e. The molecule has 98 valence electrons. The molecule has 0 aliphatic carbocycles. The Kier molecular flexibility index (Phi) is 4.11. The average Bonchev–Trinajstić information content (AvgIpc) is 2.43. The molecule has 2 N–H and O–H groups in total. The Morgan fingerprint density at radius 2 is 2.11 bits per heavy atom. The second-order valence-electron chi connectivity index (χ2n) is 3.76. The first-order chi connectivity index (χ1) is 9.10. The summed E-state index contributed by atoms with van der Waals surface area (Å²) in [6, 6.07) is 7.43. The van der Waals surface area contributed by atoms with Crippen LogP contribution in [0, 0.1) is 5.82 Å². The molecular formula is C13H11BrFN3O. The molecule has 6 heteroatoms. The van der Waals surface area contributed by atoms with E-state index >= 15 is 0 Å². The maximum absolute atomic E-state index is 13.1. The number of pyridine rings is 1. The Labute approximate surface area is 118 Å². The molecule has 0 saturated heterocycles. The van der Waals surface area contributed by atoms with Gasteiger partial charge in [0, 0.05) is 23.4 Å². The minimum atomic E-state index is -0.421. The first kappa shape index (κ1) is 13.5. The zero-order chi connectivity index (χ0) is 13.8. The Hall–Kier alpha value is -1.95. The number of nitrogens with zero attached hydrogens (tertiary/aromatic N) is 1. The third-order valence-corrected chi connectivity index (χ3v) is 3.15. The summed E-state index contributed by atoms with van der Waals surface area (Å²) in [5.74, 6) is -0.821. The van der Waals surface area contributed by atoms with Crippen molar-refractivity contribution >= 4 is 33.2 Å². The van der Waals surface area contributed by atoms with Crippen LogP contribution in [0.4, 0.5) is 15.8 Å². The first-order valence-corrected chi connectivity index (χ1v) is 6.29. The van der Waals surface area contributed by atoms with Crippen molar-refractivity contribution in [3.8, 4) is 0 Å². The van der Waals surface area contributed by atoms with Gasteiger partial charge in [-0.15, -0.1) is 0 Å². The molecule has 0 aliphatic heterocycles. The van der Waals surface area contributed by atoms with Crippen LogP contribution in [0.25, 0.3) is 0 Å². The van der Waals surface area contributed by atoms with Gasteiger partial charge in [0.2, 0.25) is 0 Å². The zero-order valence-corrected chi connectivity index (χ0v) is 11.7. The second-order valence-corrected chi connectivity index (χ2v) is 4.61. The minimum absolute atomic E-state index is 0.253. The normalized spacial score (nSPS) is 10.1. The molecule has 0 fully saturated rings. The molecule has 19 heavy (non-hydrogen) atoms. The predicted molar refractivity (Wildman–Crippen MR) is 75.8 cm³/mol. The molecule has 1 aromatic heterocycles. The van der Waals surface area contributed by atoms with Crippen LogP contribution in [0.3, 0.4) is 0 Å². The van der Waals surface area contributed by atoms with Gasteiger partial charge >= 0.3 is 0 Å². The molecule has 2 rings (SSSR count). The number of nitrogens with one attached hydrogen (secondary N) is 2. The summed E-state index contributed by atoms with van der Waals surface area (Å²) in [6.07, 6.45) is 1.53. The van der Waals surface area contributed by atoms with Gasteiger partial charge in [-0.2, -0.15) is 0 Å². The molecule has 1 aromatic carbocycles. The fourth-order valence-electron chi connectivity index (χ4n) is 1.49. The summed E-state index contributed by atoms with van der Waals surface area (Å²) < 4.78 is 13.7. The number of halogens is 2. The van der Waals surface area contributed by atoms with E-state index in [0.29, 0.717) is 10.2 Å². The number of hydrogen-bond acceptors (Lipinski definition) is 3. The van der Waals surface area contributed by atoms with E-state index < -0.39 is 11.7 Å². The van der Waals surface area contributed by atoms with E-state index in [2.05, 4.69) is 31.5 Å². The van der Waals surface area contributed by atoms with Gasteiger partial charge in [-0.25, -0.2) is 4.39 Å². The van der Waals surface area contributed by atoms with Gasteiger partial charge in [-0.1, -0.05) is 0 Å². The van der Waals surface area contributed by atoms with E-state index in [1.165, 1.54) is 24.4 Å². The van der Waals surface area contributed by atoms with Crippen LogP contribution in [-0.4, -0.2) is 17.9 Å². The fourth-order valence-corrected chi connectivity index (χ4v) is 1.84. The largest absolute Gasteiger partial charge is 0.388 e. The summed E-state index contributed by atoms with van der Waals surface area (Å²) in [5, 5.41) is 5.52. The van der Waals surface area contributed by atoms with Crippen molar-refractivity contribution in [1.29, 1.82) is 0 Å². The van der Waals surface area contributed by atoms with Crippen LogP contribution in [0.5, 0.6) is 0 Å². The van der Waals surface area contributed by atoms with Crippen LogP contribution in [0.15, 0.2) is 41.0 Å². The molecule has 2 aromatic rings. The van der Waals surface area contributed by atoms with Crippen molar-refractivity contribution in [2.24, 2.45) is 0 Å². The molecule has 0 radical (unpaired) electrons. The number of anilines is 2. The highest BCUT2D eigenvalue weighted by molar-refractivity contribution is 9.10. The topological polar surface area (TPSA) is 54.0 Å². The lowest BCUT2D eigenvalue weighted by molar-refractivity contribution is 0.102. The highest BCUT2D eigenvalue weighted by atomic mass is 79.9. The smallest absolute Gasteiger partial charge is 0.274 e. The first-order valence-electron chi connectivity index (χ1n) is 5.50. The van der Waals surface area contributed by atoms with Crippen LogP contribution in [0.2, 0.25) is 0 Å². The lowest BCUT2D eigenvalue weighted by atomic mass is 10.2. The van der Waals surface area contributed by atoms with Gasteiger partial charge in [-0.3, -0.25) is 9.78 Å². The molecular weight excluding hydrogens is 313 g/mol. The van der Waals surface area contributed by atoms with Gasteiger partial charge in [0.1, 0.15) is 11.5 Å². The number of rotatable bonds is 3. The molecule has 0 aliphatic rings. The molecule has 4 nitrogen and oxygen atoms in total. The quantitative estimate of drug-likeness (QED) is 0.911. The van der Waals surface area contributed by atoms with E-state index in [1.807, 2.05) is 0 Å². The Bertz CT molecular complexity index is 619. The molecule has 1 heterocycles. The zero-order valence-electron chi connectivity index (χ0n) is 10.1. The molecule has 1 amide bonds. The summed E-state index contributed by atoms with van der Waals surface area (Å²) in [6.45, 7) is 0. The van der Waals surface area contributed by atoms with E-state index in [1.54, 1.807) is 19.2 Å². The summed E-state index contributed by atoms with van der Waals surface area (Å²) in [7, 11) is 1.75. The van der Waals surface area contributed by atoms with Gasteiger partial charge in [0.15, 0.2) is 0 Å². The van der Waals surface area contributed by atoms with Crippen LogP contribution < -0.4 is 10.6 Å². The Morgan fingerprint density at radius 1 is 1.32 bits per heavy atom. The van der Waals surface area contributed by atoms with Crippen LogP contribution in [0.1, 0.15) is 10.5 Å². The molecule has 0 unspecified atom stereocenters. The van der Waals surface area contributed by atoms with Gasteiger partial charge in [0.25, 0.3) is 5.91 Å². The number of benzene rings is 1. The second kappa shape index (κ2) is 5.79. The van der Waals surface area contributed by atoms with Crippen LogP contribution >= 0.6 is 15.9 Å². The number of amides is 1. The maximum Gasteiger partial charge on any atom is 0.274 e. The summed E-state index contributed by atoms with van der Waals surface area (Å²) >= 11 is 3.25. The molecule has 0 atom stereocenters. The SMILES string of the molecule is CNc1ccnc(C(=O)Nc2cc(F)ccc2Br)c1. The van der Waals surface area contributed by atoms with Gasteiger partial charge < -0.3 is 10.6 Å². The Morgan fingerprint density at radius 3 is 2.84 bits per heavy atom. The van der Waals surface area contributed by atoms with E-state index in [0.717, 1.165) is 5.69 Å². The number of carbonyl (C=O) groups is 1. The summed E-state index contributed by atoms with van der Waals surface area (Å²) in [4.78, 5) is 16.0. The van der Waals surface area contributed by atoms with Crippen molar-refractivity contribution in [3.05, 3.63) is 52.5 Å². The van der Waals surface area contributed by atoms with E-state index in [-0.39, 0.29) is 5.69 Å². The number of carbonyl (C=O) groups excluding carboxylic acids is 1. The van der Waals surface area contributed by atoms with Crippen molar-refractivity contribution in [3.63, 3.8) is 0 Å². The third kappa shape index (κ3) is 3.29. The average molecular weight is 324 g/mol. The van der Waals surface area contributed by atoms with Gasteiger partial charge in [-0.05, 0) is 46.3 Å². The monoisotopic (exact) mass is 323 g/mol. The highest BCUT2D eigenvalue weighted by Gasteiger charge is 2.10. The molecule has 0 spiro atoms. The fraction of sp³-hybridized carbons (Fsp3) is 0.0769. The van der Waals surface area contributed by atoms with Crippen LogP contribution in [-0.2, 0) is 0 Å². The number of hydrogen-bond donors (Lipinski definition) is 2. The number of aromatic nitrogens is 1. The van der Waals surface area contributed by atoms with Crippen molar-refractivity contribution in [2.75, 3.05) is 17.7 Å². The highest BCUT2D eigenvalue weighted by Crippen LogP contribution is 2.23. The van der Waals surface area contributed by atoms with Crippen molar-refractivity contribution in [2.45, 2.75) is 0 Å². The van der Waals surface area contributed by atoms with E-state index in [4.69, 9.17) is 0 Å².